The van der Waals surface area contributed by atoms with Crippen LogP contribution in [0.4, 0.5) is 0 Å². The Morgan fingerprint density at radius 3 is 1.38 bits per heavy atom. The summed E-state index contributed by atoms with van der Waals surface area (Å²) in [6, 6.07) is 31.3. The molecule has 29 heavy (non-hydrogen) atoms. The maximum atomic E-state index is 13.3. The molecule has 152 valence electrons. The molecule has 0 aliphatic heterocycles. The monoisotopic (exact) mass is 444 g/mol. The molecule has 0 radical (unpaired) electrons. The van der Waals surface area contributed by atoms with Gasteiger partial charge in [-0.2, -0.15) is 0 Å². The van der Waals surface area contributed by atoms with Crippen molar-refractivity contribution in [3.05, 3.63) is 91.0 Å². The fraction of sp³-hybridized carbons (Fsp3) is 0.167. The second-order valence-electron chi connectivity index (χ2n) is 6.52. The number of carbonyl (C=O) groups is 1. The third-order valence-electron chi connectivity index (χ3n) is 4.57. The van der Waals surface area contributed by atoms with E-state index >= 15 is 0 Å². The van der Waals surface area contributed by atoms with Gasteiger partial charge in [0.25, 0.3) is 0 Å². The minimum absolute atomic E-state index is 0. The van der Waals surface area contributed by atoms with E-state index in [0.29, 0.717) is 6.61 Å². The van der Waals surface area contributed by atoms with Gasteiger partial charge in [0.05, 0.1) is 6.61 Å². The number of rotatable bonds is 6. The van der Waals surface area contributed by atoms with Gasteiger partial charge in [-0.1, -0.05) is 91.0 Å². The molecule has 0 aliphatic carbocycles. The highest BCUT2D eigenvalue weighted by molar-refractivity contribution is 8.24. The summed E-state index contributed by atoms with van der Waals surface area (Å²) in [5.74, 6) is -0.180. The van der Waals surface area contributed by atoms with Crippen LogP contribution in [0.2, 0.25) is 0 Å². The lowest BCUT2D eigenvalue weighted by atomic mass is 10.4. The standard InChI is InChI=1S/C24H26O2PS.ClH/c1-4-26-23(25)24(28(2)3)27(20-14-8-5-9-15-20,21-16-10-6-11-17-21)22-18-12-7-13-19-22;/h5-19H,4H2,1-3H3;1H/q+1;/p-1. The number of carbonyl (C=O) groups excluding carboxylic acids is 1. The van der Waals surface area contributed by atoms with Crippen molar-refractivity contribution >= 4 is 44.3 Å². The second-order valence-corrected chi connectivity index (χ2v) is 12.2. The number of hydrogen-bond acceptors (Lipinski definition) is 2. The molecule has 0 amide bonds. The van der Waals surface area contributed by atoms with Crippen molar-refractivity contribution in [1.82, 2.24) is 0 Å². The molecule has 0 saturated carbocycles. The summed E-state index contributed by atoms with van der Waals surface area (Å²) in [6.07, 6.45) is 4.24. The van der Waals surface area contributed by atoms with Gasteiger partial charge in [0.2, 0.25) is 4.63 Å². The van der Waals surface area contributed by atoms with Gasteiger partial charge in [-0.25, -0.2) is 4.79 Å². The maximum Gasteiger partial charge on any atom is 0.387 e. The summed E-state index contributed by atoms with van der Waals surface area (Å²) in [6.45, 7) is -0.110. The number of ether oxygens (including phenoxy) is 1. The van der Waals surface area contributed by atoms with Crippen LogP contribution in [-0.2, 0) is 20.4 Å². The Labute approximate surface area is 183 Å². The van der Waals surface area contributed by atoms with Gasteiger partial charge < -0.3 is 17.1 Å². The van der Waals surface area contributed by atoms with Crippen molar-refractivity contribution in [2.24, 2.45) is 0 Å². The van der Waals surface area contributed by atoms with Crippen molar-refractivity contribution in [2.75, 3.05) is 19.1 Å². The van der Waals surface area contributed by atoms with Gasteiger partial charge in [-0.05, 0) is 22.8 Å². The first-order valence-electron chi connectivity index (χ1n) is 9.30. The predicted molar refractivity (Wildman–Crippen MR) is 126 cm³/mol. The van der Waals surface area contributed by atoms with Crippen molar-refractivity contribution in [2.45, 2.75) is 6.92 Å². The average molecular weight is 445 g/mol. The van der Waals surface area contributed by atoms with Crippen LogP contribution < -0.4 is 28.3 Å². The summed E-state index contributed by atoms with van der Waals surface area (Å²) < 4.78 is 6.48. The molecule has 0 heterocycles. The van der Waals surface area contributed by atoms with Gasteiger partial charge in [0.15, 0.2) is 0 Å². The molecule has 0 fully saturated rings. The lowest BCUT2D eigenvalue weighted by molar-refractivity contribution is -0.134. The van der Waals surface area contributed by atoms with E-state index in [-0.39, 0.29) is 29.3 Å². The molecule has 0 spiro atoms. The zero-order valence-corrected chi connectivity index (χ0v) is 19.4. The maximum absolute atomic E-state index is 13.3. The largest absolute Gasteiger partial charge is 1.00 e. The molecule has 3 aromatic rings. The SMILES string of the molecule is CCOC(=O)C([S+](C)C)=P(c1ccccc1)(c1ccccc1)c1ccccc1.[Cl-]. The molecule has 0 aliphatic rings. The van der Waals surface area contributed by atoms with E-state index in [9.17, 15) is 4.79 Å². The summed E-state index contributed by atoms with van der Waals surface area (Å²) in [4.78, 5) is 13.3. The van der Waals surface area contributed by atoms with E-state index in [1.54, 1.807) is 0 Å². The van der Waals surface area contributed by atoms with Crippen molar-refractivity contribution in [1.29, 1.82) is 0 Å². The highest BCUT2D eigenvalue weighted by Gasteiger charge is 2.41. The van der Waals surface area contributed by atoms with Gasteiger partial charge in [0.1, 0.15) is 12.5 Å². The second kappa shape index (κ2) is 10.7. The van der Waals surface area contributed by atoms with Crippen molar-refractivity contribution in [3.8, 4) is 0 Å². The first-order valence-corrected chi connectivity index (χ1v) is 13.1. The van der Waals surface area contributed by atoms with Crippen LogP contribution in [0.15, 0.2) is 91.0 Å². The van der Waals surface area contributed by atoms with Crippen LogP contribution >= 0.6 is 6.89 Å². The zero-order valence-electron chi connectivity index (χ0n) is 16.9. The first kappa shape index (κ1) is 23.3. The lowest BCUT2D eigenvalue weighted by Crippen LogP contribution is -3.00. The quantitative estimate of drug-likeness (QED) is 0.315. The topological polar surface area (TPSA) is 26.3 Å². The number of halogens is 1. The molecule has 0 aromatic heterocycles. The van der Waals surface area contributed by atoms with Crippen LogP contribution in [-0.4, -0.2) is 29.7 Å². The van der Waals surface area contributed by atoms with E-state index in [1.165, 1.54) is 15.9 Å². The summed E-state index contributed by atoms with van der Waals surface area (Å²) >= 11 is 0. The average Bonchev–Trinajstić information content (AvgIpc) is 2.73. The fourth-order valence-corrected chi connectivity index (χ4v) is 10.9. The van der Waals surface area contributed by atoms with E-state index < -0.39 is 6.89 Å². The van der Waals surface area contributed by atoms with E-state index in [4.69, 9.17) is 4.74 Å². The van der Waals surface area contributed by atoms with Crippen LogP contribution in [0.1, 0.15) is 6.92 Å². The summed E-state index contributed by atoms with van der Waals surface area (Å²) in [5.41, 5.74) is 0. The third kappa shape index (κ3) is 4.64. The molecule has 0 atom stereocenters. The molecule has 0 saturated heterocycles. The molecule has 5 heteroatoms. The molecular formula is C24H26ClO2PS. The number of benzene rings is 3. The van der Waals surface area contributed by atoms with Crippen LogP contribution in [0, 0.1) is 0 Å². The van der Waals surface area contributed by atoms with Gasteiger partial charge >= 0.3 is 5.97 Å². The summed E-state index contributed by atoms with van der Waals surface area (Å²) in [7, 11) is -0.264. The first-order chi connectivity index (χ1) is 13.6. The van der Waals surface area contributed by atoms with Gasteiger partial charge in [-0.3, -0.25) is 0 Å². The molecule has 0 bridgehead atoms. The Kier molecular flexibility index (Phi) is 8.64. The van der Waals surface area contributed by atoms with Crippen molar-refractivity contribution in [3.63, 3.8) is 0 Å². The molecular weight excluding hydrogens is 419 g/mol. The van der Waals surface area contributed by atoms with Crippen LogP contribution in [0.5, 0.6) is 0 Å². The smallest absolute Gasteiger partial charge is 0.387 e. The highest BCUT2D eigenvalue weighted by Crippen LogP contribution is 2.47. The lowest BCUT2D eigenvalue weighted by Gasteiger charge is -2.29. The molecule has 0 N–H and O–H groups in total. The van der Waals surface area contributed by atoms with Gasteiger partial charge in [-0.15, -0.1) is 0 Å². The Bertz CT molecular complexity index is 870. The van der Waals surface area contributed by atoms with Crippen LogP contribution in [0.25, 0.3) is 0 Å². The molecule has 3 aromatic carbocycles. The van der Waals surface area contributed by atoms with E-state index in [2.05, 4.69) is 85.3 Å². The van der Waals surface area contributed by atoms with Crippen LogP contribution in [0.3, 0.4) is 0 Å². The van der Waals surface area contributed by atoms with E-state index in [1.807, 2.05) is 25.1 Å². The minimum Gasteiger partial charge on any atom is -1.00 e. The van der Waals surface area contributed by atoms with Crippen molar-refractivity contribution < 1.29 is 21.9 Å². The third-order valence-corrected chi connectivity index (χ3v) is 11.4. The normalized spacial score (nSPS) is 10.9. The molecule has 0 unspecified atom stereocenters. The Hall–Kier alpha value is -1.93. The predicted octanol–water partition coefficient (Wildman–Crippen LogP) is 0.555. The summed E-state index contributed by atoms with van der Waals surface area (Å²) in [5, 5.41) is 3.53. The van der Waals surface area contributed by atoms with Gasteiger partial charge in [0, 0.05) is 17.8 Å². The zero-order chi connectivity index (χ0) is 20.0. The highest BCUT2D eigenvalue weighted by atomic mass is 35.5. The molecule has 2 nitrogen and oxygen atoms in total. The molecule has 3 rings (SSSR count). The number of esters is 1. The minimum atomic E-state index is -2.35. The fourth-order valence-electron chi connectivity index (χ4n) is 3.52. The Morgan fingerprint density at radius 1 is 0.759 bits per heavy atom. The Morgan fingerprint density at radius 2 is 1.10 bits per heavy atom. The Balaban J connectivity index is 0.00000300. The number of hydrogen-bond donors (Lipinski definition) is 0. The van der Waals surface area contributed by atoms with E-state index in [0.717, 1.165) is 4.63 Å².